The number of sulfone groups is 1. The van der Waals surface area contributed by atoms with Crippen LogP contribution in [-0.2, 0) is 16.9 Å². The maximum atomic E-state index is 12.5. The van der Waals surface area contributed by atoms with E-state index in [1.165, 1.54) is 0 Å². The van der Waals surface area contributed by atoms with Gasteiger partial charge in [0, 0.05) is 12.6 Å². The first-order chi connectivity index (χ1) is 11.7. The number of amides is 2. The third-order valence-corrected chi connectivity index (χ3v) is 6.34. The van der Waals surface area contributed by atoms with E-state index in [1.807, 2.05) is 37.3 Å². The average molecular weight is 362 g/mol. The number of urea groups is 1. The van der Waals surface area contributed by atoms with Crippen LogP contribution < -0.4 is 10.6 Å². The molecule has 0 radical (unpaired) electrons. The number of hydrogen-bond donors (Lipinski definition) is 2. The van der Waals surface area contributed by atoms with E-state index in [1.54, 1.807) is 18.7 Å². The molecular formula is C17H22N4O3S. The molecule has 0 aliphatic carbocycles. The molecule has 134 valence electrons. The third-order valence-electron chi connectivity index (χ3n) is 4.44. The topological polar surface area (TPSA) is 93.1 Å². The Morgan fingerprint density at radius 2 is 1.96 bits per heavy atom. The van der Waals surface area contributed by atoms with Crippen molar-refractivity contribution in [3.05, 3.63) is 36.0 Å². The van der Waals surface area contributed by atoms with Crippen molar-refractivity contribution >= 4 is 21.7 Å². The molecule has 8 heteroatoms. The fourth-order valence-corrected chi connectivity index (χ4v) is 5.37. The van der Waals surface area contributed by atoms with Gasteiger partial charge < -0.3 is 5.32 Å². The highest BCUT2D eigenvalue weighted by Crippen LogP contribution is 2.31. The predicted octanol–water partition coefficient (Wildman–Crippen LogP) is 2.09. The van der Waals surface area contributed by atoms with Crippen molar-refractivity contribution in [3.63, 3.8) is 0 Å². The number of benzene rings is 1. The number of aryl methyl sites for hydroxylation is 2. The Bertz CT molecular complexity index is 905. The molecule has 0 bridgehead atoms. The van der Waals surface area contributed by atoms with Crippen LogP contribution in [0.15, 0.2) is 30.3 Å². The molecule has 1 aliphatic rings. The summed E-state index contributed by atoms with van der Waals surface area (Å²) < 4.78 is 25.0. The second-order valence-electron chi connectivity index (χ2n) is 6.78. The summed E-state index contributed by atoms with van der Waals surface area (Å²) in [5, 5.41) is 10.0. The number of aromatic nitrogens is 2. The fourth-order valence-electron chi connectivity index (χ4n) is 3.27. The molecule has 7 nitrogen and oxygen atoms in total. The van der Waals surface area contributed by atoms with Crippen LogP contribution in [0.1, 0.15) is 19.0 Å². The van der Waals surface area contributed by atoms with Gasteiger partial charge in [-0.3, -0.25) is 10.00 Å². The van der Waals surface area contributed by atoms with Gasteiger partial charge in [0.05, 0.1) is 22.7 Å². The van der Waals surface area contributed by atoms with E-state index in [2.05, 4.69) is 15.7 Å². The summed E-state index contributed by atoms with van der Waals surface area (Å²) in [5.74, 6) is 0.637. The molecule has 1 unspecified atom stereocenters. The Kier molecular flexibility index (Phi) is 4.32. The lowest BCUT2D eigenvalue weighted by molar-refractivity contribution is 0.242. The summed E-state index contributed by atoms with van der Waals surface area (Å²) in [6.07, 6.45) is 0.415. The molecule has 1 aromatic heterocycles. The van der Waals surface area contributed by atoms with Crippen LogP contribution in [0.2, 0.25) is 0 Å². The van der Waals surface area contributed by atoms with Crippen LogP contribution in [0.5, 0.6) is 0 Å². The minimum atomic E-state index is -3.09. The zero-order chi connectivity index (χ0) is 18.2. The first-order valence-electron chi connectivity index (χ1n) is 8.08. The summed E-state index contributed by atoms with van der Waals surface area (Å²) >= 11 is 0. The van der Waals surface area contributed by atoms with Crippen LogP contribution in [0.3, 0.4) is 0 Å². The Hall–Kier alpha value is -2.35. The van der Waals surface area contributed by atoms with Crippen LogP contribution in [0.4, 0.5) is 10.6 Å². The van der Waals surface area contributed by atoms with Crippen molar-refractivity contribution in [2.75, 3.05) is 16.8 Å². The van der Waals surface area contributed by atoms with Gasteiger partial charge in [-0.2, -0.15) is 5.10 Å². The molecule has 1 fully saturated rings. The van der Waals surface area contributed by atoms with E-state index in [0.29, 0.717) is 12.2 Å². The van der Waals surface area contributed by atoms with Gasteiger partial charge in [-0.25, -0.2) is 13.2 Å². The minimum absolute atomic E-state index is 0.0383. The zero-order valence-corrected chi connectivity index (χ0v) is 15.4. The molecule has 0 spiro atoms. The minimum Gasteiger partial charge on any atom is -0.332 e. The molecule has 1 aromatic carbocycles. The van der Waals surface area contributed by atoms with Gasteiger partial charge in [0.1, 0.15) is 5.82 Å². The lowest BCUT2D eigenvalue weighted by Gasteiger charge is -2.24. The maximum Gasteiger partial charge on any atom is 0.320 e. The molecule has 25 heavy (non-hydrogen) atoms. The van der Waals surface area contributed by atoms with E-state index in [9.17, 15) is 13.2 Å². The van der Waals surface area contributed by atoms with Gasteiger partial charge in [0.15, 0.2) is 9.84 Å². The second-order valence-corrected chi connectivity index (χ2v) is 8.96. The summed E-state index contributed by atoms with van der Waals surface area (Å²) in [5.41, 5.74) is 1.86. The van der Waals surface area contributed by atoms with Gasteiger partial charge in [-0.15, -0.1) is 0 Å². The van der Waals surface area contributed by atoms with Crippen LogP contribution in [0.25, 0.3) is 11.1 Å². The SMILES string of the molecule is Cc1nn(C)c(NC(=O)NC2(C)CCS(=O)(=O)C2)c1-c1ccccc1. The summed E-state index contributed by atoms with van der Waals surface area (Å²) in [7, 11) is -1.33. The molecular weight excluding hydrogens is 340 g/mol. The van der Waals surface area contributed by atoms with Gasteiger partial charge in [0.2, 0.25) is 0 Å². The van der Waals surface area contributed by atoms with Gasteiger partial charge in [-0.1, -0.05) is 30.3 Å². The molecule has 2 aromatic rings. The first-order valence-corrected chi connectivity index (χ1v) is 9.90. The highest BCUT2D eigenvalue weighted by atomic mass is 32.2. The molecule has 1 atom stereocenters. The van der Waals surface area contributed by atoms with Crippen molar-refractivity contribution in [3.8, 4) is 11.1 Å². The number of rotatable bonds is 3. The zero-order valence-electron chi connectivity index (χ0n) is 14.5. The largest absolute Gasteiger partial charge is 0.332 e. The van der Waals surface area contributed by atoms with Crippen molar-refractivity contribution in [2.45, 2.75) is 25.8 Å². The van der Waals surface area contributed by atoms with E-state index >= 15 is 0 Å². The molecule has 0 saturated carbocycles. The number of nitrogens with one attached hydrogen (secondary N) is 2. The number of carbonyl (C=O) groups is 1. The van der Waals surface area contributed by atoms with Crippen molar-refractivity contribution in [1.82, 2.24) is 15.1 Å². The van der Waals surface area contributed by atoms with Crippen molar-refractivity contribution < 1.29 is 13.2 Å². The van der Waals surface area contributed by atoms with Gasteiger partial charge >= 0.3 is 6.03 Å². The smallest absolute Gasteiger partial charge is 0.320 e. The maximum absolute atomic E-state index is 12.5. The Balaban J connectivity index is 1.83. The molecule has 2 N–H and O–H groups in total. The normalized spacial score (nSPS) is 21.9. The van der Waals surface area contributed by atoms with Crippen LogP contribution in [-0.4, -0.2) is 41.3 Å². The quantitative estimate of drug-likeness (QED) is 0.874. The summed E-state index contributed by atoms with van der Waals surface area (Å²) in [4.78, 5) is 12.5. The van der Waals surface area contributed by atoms with Crippen LogP contribution >= 0.6 is 0 Å². The standard InChI is InChI=1S/C17H22N4O3S/c1-12-14(13-7-5-4-6-8-13)15(21(3)20-12)18-16(22)19-17(2)9-10-25(23,24)11-17/h4-8H,9-11H2,1-3H3,(H2,18,19,22). The predicted molar refractivity (Wildman–Crippen MR) is 97.2 cm³/mol. The second kappa shape index (κ2) is 6.18. The summed E-state index contributed by atoms with van der Waals surface area (Å²) in [6.45, 7) is 3.64. The lowest BCUT2D eigenvalue weighted by Crippen LogP contribution is -2.48. The van der Waals surface area contributed by atoms with E-state index in [0.717, 1.165) is 16.8 Å². The van der Waals surface area contributed by atoms with Crippen LogP contribution in [0, 0.1) is 6.92 Å². The number of carbonyl (C=O) groups excluding carboxylic acids is 1. The lowest BCUT2D eigenvalue weighted by atomic mass is 10.0. The number of nitrogens with zero attached hydrogens (tertiary/aromatic N) is 2. The van der Waals surface area contributed by atoms with Gasteiger partial charge in [0.25, 0.3) is 0 Å². The number of hydrogen-bond acceptors (Lipinski definition) is 4. The van der Waals surface area contributed by atoms with Crippen molar-refractivity contribution in [2.24, 2.45) is 7.05 Å². The Labute approximate surface area is 147 Å². The molecule has 2 amide bonds. The Morgan fingerprint density at radius 3 is 2.56 bits per heavy atom. The van der Waals surface area contributed by atoms with E-state index < -0.39 is 21.4 Å². The monoisotopic (exact) mass is 362 g/mol. The molecule has 2 heterocycles. The van der Waals surface area contributed by atoms with Gasteiger partial charge in [-0.05, 0) is 25.8 Å². The number of anilines is 1. The fraction of sp³-hybridized carbons (Fsp3) is 0.412. The van der Waals surface area contributed by atoms with E-state index in [-0.39, 0.29) is 11.5 Å². The third kappa shape index (κ3) is 3.68. The highest BCUT2D eigenvalue weighted by Gasteiger charge is 2.39. The van der Waals surface area contributed by atoms with Crippen molar-refractivity contribution in [1.29, 1.82) is 0 Å². The average Bonchev–Trinajstić information content (AvgIpc) is 2.95. The molecule has 3 rings (SSSR count). The molecule has 1 saturated heterocycles. The first kappa shape index (κ1) is 17.5. The Morgan fingerprint density at radius 1 is 1.28 bits per heavy atom. The highest BCUT2D eigenvalue weighted by molar-refractivity contribution is 7.91. The van der Waals surface area contributed by atoms with E-state index in [4.69, 9.17) is 0 Å². The summed E-state index contributed by atoms with van der Waals surface area (Å²) in [6, 6.07) is 9.26. The molecule has 1 aliphatic heterocycles.